The van der Waals surface area contributed by atoms with E-state index in [4.69, 9.17) is 0 Å². The first-order chi connectivity index (χ1) is 13.5. The van der Waals surface area contributed by atoms with Crippen LogP contribution < -0.4 is 10.2 Å². The number of aliphatic hydroxyl groups is 1. The van der Waals surface area contributed by atoms with E-state index in [1.807, 2.05) is 43.3 Å². The van der Waals surface area contributed by atoms with Crippen LogP contribution in [0.4, 0.5) is 5.69 Å². The predicted molar refractivity (Wildman–Crippen MR) is 117 cm³/mol. The number of unbranched alkanes of at least 4 members (excludes halogenated alkanes) is 4. The molecule has 1 fully saturated rings. The van der Waals surface area contributed by atoms with E-state index in [-0.39, 0.29) is 11.9 Å². The smallest absolute Gasteiger partial charge is 0.220 e. The highest BCUT2D eigenvalue weighted by molar-refractivity contribution is 5.76. The standard InChI is InChI=1S/C23H39N3O2/c1-4-5-6-7-8-14-22(27)24-21(18-26-15-9-10-16-26)23(28)19-12-11-13-20(17-19)25(2)3/h11-13,17,21,23,28H,4-10,14-16,18H2,1-3H3,(H,24,27)/t21-,23+/m1/s1. The lowest BCUT2D eigenvalue weighted by molar-refractivity contribution is -0.123. The van der Waals surface area contributed by atoms with Gasteiger partial charge in [-0.2, -0.15) is 0 Å². The van der Waals surface area contributed by atoms with E-state index < -0.39 is 6.10 Å². The normalized spacial score (nSPS) is 16.7. The molecule has 1 aromatic rings. The lowest BCUT2D eigenvalue weighted by Gasteiger charge is -2.29. The molecule has 0 unspecified atom stereocenters. The Morgan fingerprint density at radius 3 is 2.57 bits per heavy atom. The van der Waals surface area contributed by atoms with E-state index in [1.165, 1.54) is 32.1 Å². The van der Waals surface area contributed by atoms with E-state index in [0.717, 1.165) is 37.2 Å². The zero-order chi connectivity index (χ0) is 20.4. The Hall–Kier alpha value is -1.59. The van der Waals surface area contributed by atoms with Crippen molar-refractivity contribution in [1.82, 2.24) is 10.2 Å². The fourth-order valence-electron chi connectivity index (χ4n) is 3.86. The molecule has 0 bridgehead atoms. The summed E-state index contributed by atoms with van der Waals surface area (Å²) in [6.07, 6.45) is 7.91. The van der Waals surface area contributed by atoms with Crippen LogP contribution in [0.1, 0.15) is 70.0 Å². The number of amides is 1. The van der Waals surface area contributed by atoms with Gasteiger partial charge in [0, 0.05) is 32.7 Å². The van der Waals surface area contributed by atoms with Crippen molar-refractivity contribution in [3.8, 4) is 0 Å². The summed E-state index contributed by atoms with van der Waals surface area (Å²) in [4.78, 5) is 16.9. The molecule has 1 aromatic carbocycles. The van der Waals surface area contributed by atoms with Gasteiger partial charge in [0.2, 0.25) is 5.91 Å². The van der Waals surface area contributed by atoms with Gasteiger partial charge in [0.1, 0.15) is 6.10 Å². The molecular formula is C23H39N3O2. The maximum atomic E-state index is 12.5. The fraction of sp³-hybridized carbons (Fsp3) is 0.696. The van der Waals surface area contributed by atoms with Crippen molar-refractivity contribution in [2.45, 2.75) is 70.4 Å². The van der Waals surface area contributed by atoms with Crippen LogP contribution in [-0.2, 0) is 4.79 Å². The molecule has 5 heteroatoms. The number of aliphatic hydroxyl groups excluding tert-OH is 1. The van der Waals surface area contributed by atoms with Crippen molar-refractivity contribution in [2.24, 2.45) is 0 Å². The Morgan fingerprint density at radius 2 is 1.89 bits per heavy atom. The van der Waals surface area contributed by atoms with Crippen LogP contribution in [-0.4, -0.2) is 55.7 Å². The van der Waals surface area contributed by atoms with Crippen molar-refractivity contribution in [1.29, 1.82) is 0 Å². The molecule has 1 saturated heterocycles. The Bertz CT molecular complexity index is 585. The third kappa shape index (κ3) is 7.44. The minimum atomic E-state index is -0.704. The number of hydrogen-bond donors (Lipinski definition) is 2. The summed E-state index contributed by atoms with van der Waals surface area (Å²) in [5, 5.41) is 14.2. The SMILES string of the molecule is CCCCCCCC(=O)N[C@H](CN1CCCC1)[C@@H](O)c1cccc(N(C)C)c1. The van der Waals surface area contributed by atoms with Crippen LogP contribution in [0, 0.1) is 0 Å². The molecule has 28 heavy (non-hydrogen) atoms. The van der Waals surface area contributed by atoms with Crippen molar-refractivity contribution >= 4 is 11.6 Å². The second-order valence-electron chi connectivity index (χ2n) is 8.28. The van der Waals surface area contributed by atoms with Crippen LogP contribution >= 0.6 is 0 Å². The van der Waals surface area contributed by atoms with Crippen LogP contribution in [0.25, 0.3) is 0 Å². The summed E-state index contributed by atoms with van der Waals surface area (Å²) < 4.78 is 0. The predicted octanol–water partition coefficient (Wildman–Crippen LogP) is 3.73. The summed E-state index contributed by atoms with van der Waals surface area (Å²) in [5.41, 5.74) is 1.91. The average Bonchev–Trinajstić information content (AvgIpc) is 3.20. The number of anilines is 1. The van der Waals surface area contributed by atoms with Gasteiger partial charge < -0.3 is 20.2 Å². The zero-order valence-electron chi connectivity index (χ0n) is 18.0. The fourth-order valence-corrected chi connectivity index (χ4v) is 3.86. The molecule has 1 heterocycles. The maximum Gasteiger partial charge on any atom is 0.220 e. The lowest BCUT2D eigenvalue weighted by atomic mass is 10.0. The van der Waals surface area contributed by atoms with E-state index >= 15 is 0 Å². The summed E-state index contributed by atoms with van der Waals surface area (Å²) in [5.74, 6) is 0.0588. The number of benzene rings is 1. The van der Waals surface area contributed by atoms with Crippen LogP contribution in [0.2, 0.25) is 0 Å². The molecule has 0 saturated carbocycles. The first kappa shape index (κ1) is 22.7. The number of nitrogens with one attached hydrogen (secondary N) is 1. The van der Waals surface area contributed by atoms with Crippen LogP contribution in [0.3, 0.4) is 0 Å². The van der Waals surface area contributed by atoms with Gasteiger partial charge in [0.05, 0.1) is 6.04 Å². The third-order valence-electron chi connectivity index (χ3n) is 5.62. The second kappa shape index (κ2) is 12.1. The molecule has 0 aromatic heterocycles. The quantitative estimate of drug-likeness (QED) is 0.535. The molecule has 0 spiro atoms. The summed E-state index contributed by atoms with van der Waals surface area (Å²) >= 11 is 0. The van der Waals surface area contributed by atoms with Crippen LogP contribution in [0.5, 0.6) is 0 Å². The van der Waals surface area contributed by atoms with Gasteiger partial charge in [-0.1, -0.05) is 44.7 Å². The van der Waals surface area contributed by atoms with Gasteiger partial charge in [-0.3, -0.25) is 4.79 Å². The van der Waals surface area contributed by atoms with Gasteiger partial charge in [0.15, 0.2) is 0 Å². The first-order valence-corrected chi connectivity index (χ1v) is 11.0. The minimum Gasteiger partial charge on any atom is -0.386 e. The molecular weight excluding hydrogens is 350 g/mol. The van der Waals surface area contributed by atoms with Crippen LogP contribution in [0.15, 0.2) is 24.3 Å². The molecule has 2 rings (SSSR count). The van der Waals surface area contributed by atoms with E-state index in [9.17, 15) is 9.90 Å². The van der Waals surface area contributed by atoms with E-state index in [1.54, 1.807) is 0 Å². The molecule has 1 aliphatic heterocycles. The summed E-state index contributed by atoms with van der Waals surface area (Å²) in [7, 11) is 3.99. The first-order valence-electron chi connectivity index (χ1n) is 11.0. The second-order valence-corrected chi connectivity index (χ2v) is 8.28. The Kier molecular flexibility index (Phi) is 9.79. The molecule has 2 atom stereocenters. The third-order valence-corrected chi connectivity index (χ3v) is 5.62. The van der Waals surface area contributed by atoms with Gasteiger partial charge in [-0.25, -0.2) is 0 Å². The molecule has 0 aliphatic carbocycles. The number of rotatable bonds is 12. The minimum absolute atomic E-state index is 0.0588. The lowest BCUT2D eigenvalue weighted by Crippen LogP contribution is -2.46. The summed E-state index contributed by atoms with van der Waals surface area (Å²) in [6.45, 7) is 5.00. The van der Waals surface area contributed by atoms with E-state index in [2.05, 4.69) is 17.1 Å². The highest BCUT2D eigenvalue weighted by Gasteiger charge is 2.26. The van der Waals surface area contributed by atoms with E-state index in [0.29, 0.717) is 13.0 Å². The molecule has 0 radical (unpaired) electrons. The maximum absolute atomic E-state index is 12.5. The zero-order valence-corrected chi connectivity index (χ0v) is 18.0. The van der Waals surface area contributed by atoms with Gasteiger partial charge >= 0.3 is 0 Å². The average molecular weight is 390 g/mol. The molecule has 5 nitrogen and oxygen atoms in total. The van der Waals surface area contributed by atoms with Crippen molar-refractivity contribution in [3.05, 3.63) is 29.8 Å². The molecule has 2 N–H and O–H groups in total. The number of carbonyl (C=O) groups excluding carboxylic acids is 1. The highest BCUT2D eigenvalue weighted by atomic mass is 16.3. The molecule has 158 valence electrons. The molecule has 1 aliphatic rings. The Morgan fingerprint density at radius 1 is 1.18 bits per heavy atom. The van der Waals surface area contributed by atoms with Crippen molar-refractivity contribution < 1.29 is 9.90 Å². The van der Waals surface area contributed by atoms with Crippen molar-refractivity contribution in [3.63, 3.8) is 0 Å². The number of carbonyl (C=O) groups is 1. The van der Waals surface area contributed by atoms with Gasteiger partial charge in [0.25, 0.3) is 0 Å². The number of hydrogen-bond acceptors (Lipinski definition) is 4. The summed E-state index contributed by atoms with van der Waals surface area (Å²) in [6, 6.07) is 7.68. The van der Waals surface area contributed by atoms with Gasteiger partial charge in [-0.15, -0.1) is 0 Å². The highest BCUT2D eigenvalue weighted by Crippen LogP contribution is 2.23. The largest absolute Gasteiger partial charge is 0.386 e. The van der Waals surface area contributed by atoms with Gasteiger partial charge in [-0.05, 0) is 50.0 Å². The Labute approximate surface area is 171 Å². The molecule has 1 amide bonds. The Balaban J connectivity index is 1.99. The number of likely N-dealkylation sites (tertiary alicyclic amines) is 1. The number of nitrogens with zero attached hydrogens (tertiary/aromatic N) is 2. The monoisotopic (exact) mass is 389 g/mol. The topological polar surface area (TPSA) is 55.8 Å². The van der Waals surface area contributed by atoms with Crippen molar-refractivity contribution in [2.75, 3.05) is 38.6 Å².